The first kappa shape index (κ1) is 23.5. The maximum absolute atomic E-state index is 13.0. The average molecular weight is 502 g/mol. The highest BCUT2D eigenvalue weighted by Crippen LogP contribution is 2.32. The number of fused-ring (bicyclic) bond motifs is 1. The topological polar surface area (TPSA) is 109 Å². The zero-order chi connectivity index (χ0) is 25.2. The minimum absolute atomic E-state index is 0.101. The average Bonchev–Trinajstić information content (AvgIpc) is 3.57. The van der Waals surface area contributed by atoms with E-state index in [0.717, 1.165) is 34.0 Å². The summed E-state index contributed by atoms with van der Waals surface area (Å²) in [7, 11) is 0. The van der Waals surface area contributed by atoms with Gasteiger partial charge in [0.2, 0.25) is 11.9 Å². The first-order valence-corrected chi connectivity index (χ1v) is 11.9. The van der Waals surface area contributed by atoms with Gasteiger partial charge in [-0.2, -0.15) is 5.10 Å². The van der Waals surface area contributed by atoms with Gasteiger partial charge in [-0.3, -0.25) is 19.6 Å². The Morgan fingerprint density at radius 3 is 2.94 bits per heavy atom. The SMILES string of the molecule is C=CC(=O)N1CCC=C(c2cnn(C(C)C(=O)Nc3ncc(Cl)c(-c4c[nH]c5ccccc45)n3)c2)C1. The Labute approximate surface area is 212 Å². The third kappa shape index (κ3) is 4.52. The number of anilines is 1. The molecule has 9 nitrogen and oxygen atoms in total. The molecule has 0 saturated carbocycles. The summed E-state index contributed by atoms with van der Waals surface area (Å²) in [6.45, 7) is 6.44. The molecule has 10 heteroatoms. The molecule has 2 N–H and O–H groups in total. The van der Waals surface area contributed by atoms with Crippen molar-refractivity contribution in [2.75, 3.05) is 18.4 Å². The first-order valence-electron chi connectivity index (χ1n) is 11.5. The summed E-state index contributed by atoms with van der Waals surface area (Å²) in [6, 6.07) is 7.21. The molecule has 1 aliphatic rings. The summed E-state index contributed by atoms with van der Waals surface area (Å²) >= 11 is 6.40. The number of hydrogen-bond donors (Lipinski definition) is 2. The number of H-pyrrole nitrogens is 1. The number of halogens is 1. The lowest BCUT2D eigenvalue weighted by Crippen LogP contribution is -2.34. The van der Waals surface area contributed by atoms with E-state index in [2.05, 4.69) is 38.0 Å². The van der Waals surface area contributed by atoms with Crippen LogP contribution < -0.4 is 5.32 Å². The van der Waals surface area contributed by atoms with Crippen LogP contribution in [-0.2, 0) is 9.59 Å². The highest BCUT2D eigenvalue weighted by molar-refractivity contribution is 6.33. The molecule has 1 unspecified atom stereocenters. The van der Waals surface area contributed by atoms with Gasteiger partial charge in [-0.1, -0.05) is 42.5 Å². The van der Waals surface area contributed by atoms with Crippen molar-refractivity contribution in [2.24, 2.45) is 0 Å². The van der Waals surface area contributed by atoms with E-state index in [-0.39, 0.29) is 17.8 Å². The van der Waals surface area contributed by atoms with Crippen LogP contribution in [-0.4, -0.2) is 54.5 Å². The Balaban J connectivity index is 1.32. The molecule has 2 amide bonds. The zero-order valence-corrected chi connectivity index (χ0v) is 20.4. The molecule has 0 saturated heterocycles. The molecule has 3 aromatic heterocycles. The van der Waals surface area contributed by atoms with Crippen LogP contribution >= 0.6 is 11.6 Å². The van der Waals surface area contributed by atoms with Crippen molar-refractivity contribution in [2.45, 2.75) is 19.4 Å². The van der Waals surface area contributed by atoms with Crippen molar-refractivity contribution in [1.82, 2.24) is 29.6 Å². The molecule has 1 atom stereocenters. The van der Waals surface area contributed by atoms with E-state index in [1.807, 2.05) is 30.5 Å². The van der Waals surface area contributed by atoms with Gasteiger partial charge >= 0.3 is 0 Å². The number of hydrogen-bond acceptors (Lipinski definition) is 5. The van der Waals surface area contributed by atoms with Crippen molar-refractivity contribution in [3.63, 3.8) is 0 Å². The molecule has 0 spiro atoms. The fraction of sp³-hybridized carbons (Fsp3) is 0.192. The van der Waals surface area contributed by atoms with Gasteiger partial charge in [0.05, 0.1) is 23.1 Å². The van der Waals surface area contributed by atoms with Crippen LogP contribution in [0, 0.1) is 0 Å². The predicted octanol–water partition coefficient (Wildman–Crippen LogP) is 4.48. The lowest BCUT2D eigenvalue weighted by Gasteiger charge is -2.26. The van der Waals surface area contributed by atoms with E-state index >= 15 is 0 Å². The summed E-state index contributed by atoms with van der Waals surface area (Å²) in [4.78, 5) is 38.6. The Morgan fingerprint density at radius 1 is 1.28 bits per heavy atom. The second kappa shape index (κ2) is 9.79. The molecule has 36 heavy (non-hydrogen) atoms. The van der Waals surface area contributed by atoms with Crippen molar-refractivity contribution in [1.29, 1.82) is 0 Å². The van der Waals surface area contributed by atoms with Gasteiger partial charge in [0.25, 0.3) is 5.91 Å². The highest BCUT2D eigenvalue weighted by atomic mass is 35.5. The fourth-order valence-electron chi connectivity index (χ4n) is 4.20. The lowest BCUT2D eigenvalue weighted by molar-refractivity contribution is -0.125. The van der Waals surface area contributed by atoms with Crippen LogP contribution in [0.2, 0.25) is 5.02 Å². The van der Waals surface area contributed by atoms with E-state index < -0.39 is 6.04 Å². The molecule has 1 aromatic carbocycles. The van der Waals surface area contributed by atoms with E-state index in [9.17, 15) is 9.59 Å². The Bertz CT molecular complexity index is 1500. The monoisotopic (exact) mass is 501 g/mol. The molecule has 4 aromatic rings. The van der Waals surface area contributed by atoms with Gasteiger partial charge in [0, 0.05) is 47.5 Å². The molecule has 0 bridgehead atoms. The van der Waals surface area contributed by atoms with Crippen molar-refractivity contribution < 1.29 is 9.59 Å². The number of rotatable bonds is 6. The minimum Gasteiger partial charge on any atom is -0.360 e. The van der Waals surface area contributed by atoms with Gasteiger partial charge in [0.15, 0.2) is 0 Å². The number of para-hydroxylation sites is 1. The molecular formula is C26H24ClN7O2. The maximum atomic E-state index is 13.0. The Hall–Kier alpha value is -4.24. The van der Waals surface area contributed by atoms with Crippen molar-refractivity contribution in [3.05, 3.63) is 78.4 Å². The molecule has 0 radical (unpaired) electrons. The van der Waals surface area contributed by atoms with E-state index in [1.54, 1.807) is 28.9 Å². The predicted molar refractivity (Wildman–Crippen MR) is 139 cm³/mol. The third-order valence-corrected chi connectivity index (χ3v) is 6.49. The summed E-state index contributed by atoms with van der Waals surface area (Å²) < 4.78 is 1.58. The quantitative estimate of drug-likeness (QED) is 0.379. The Kier molecular flexibility index (Phi) is 6.39. The first-order chi connectivity index (χ1) is 17.4. The molecule has 4 heterocycles. The van der Waals surface area contributed by atoms with Crippen LogP contribution in [0.15, 0.2) is 67.8 Å². The molecule has 182 valence electrons. The van der Waals surface area contributed by atoms with Gasteiger partial charge in [-0.05, 0) is 31.1 Å². The molecule has 0 aliphatic carbocycles. The van der Waals surface area contributed by atoms with Crippen LogP contribution in [0.25, 0.3) is 27.7 Å². The van der Waals surface area contributed by atoms with Crippen LogP contribution in [0.1, 0.15) is 24.9 Å². The van der Waals surface area contributed by atoms with Crippen LogP contribution in [0.5, 0.6) is 0 Å². The van der Waals surface area contributed by atoms with Crippen molar-refractivity contribution >= 4 is 45.8 Å². The van der Waals surface area contributed by atoms with Gasteiger partial charge in [-0.25, -0.2) is 9.97 Å². The van der Waals surface area contributed by atoms with E-state index in [4.69, 9.17) is 11.6 Å². The molecular weight excluding hydrogens is 478 g/mol. The summed E-state index contributed by atoms with van der Waals surface area (Å²) in [5.74, 6) is -0.272. The number of carbonyl (C=O) groups excluding carboxylic acids is 2. The molecule has 1 aliphatic heterocycles. The number of aromatic amines is 1. The summed E-state index contributed by atoms with van der Waals surface area (Å²) in [5, 5.41) is 8.49. The van der Waals surface area contributed by atoms with Gasteiger partial charge in [0.1, 0.15) is 6.04 Å². The standard InChI is InChI=1S/C26H24ClN7O2/c1-3-23(35)33-10-6-7-17(14-33)18-11-30-34(15-18)16(2)25(36)32-26-29-13-21(27)24(31-26)20-12-28-22-9-5-4-8-19(20)22/h3-5,7-9,11-13,15-16,28H,1,6,10,14H2,2H3,(H,29,31,32,36). The Morgan fingerprint density at radius 2 is 2.11 bits per heavy atom. The minimum atomic E-state index is -0.621. The number of benzene rings is 1. The molecule has 5 rings (SSSR count). The van der Waals surface area contributed by atoms with Crippen LogP contribution in [0.4, 0.5) is 5.95 Å². The second-order valence-electron chi connectivity index (χ2n) is 8.49. The van der Waals surface area contributed by atoms with Crippen LogP contribution in [0.3, 0.4) is 0 Å². The highest BCUT2D eigenvalue weighted by Gasteiger charge is 2.22. The smallest absolute Gasteiger partial charge is 0.251 e. The number of aromatic nitrogens is 5. The van der Waals surface area contributed by atoms with E-state index in [0.29, 0.717) is 23.8 Å². The number of nitrogens with zero attached hydrogens (tertiary/aromatic N) is 5. The summed E-state index contributed by atoms with van der Waals surface area (Å²) in [5.41, 5.74) is 4.15. The fourth-order valence-corrected chi connectivity index (χ4v) is 4.40. The maximum Gasteiger partial charge on any atom is 0.251 e. The van der Waals surface area contributed by atoms with Gasteiger partial charge in [-0.15, -0.1) is 0 Å². The third-order valence-electron chi connectivity index (χ3n) is 6.21. The zero-order valence-electron chi connectivity index (χ0n) is 19.6. The van der Waals surface area contributed by atoms with Crippen molar-refractivity contribution in [3.8, 4) is 11.3 Å². The molecule has 0 fully saturated rings. The number of carbonyl (C=O) groups is 2. The van der Waals surface area contributed by atoms with E-state index in [1.165, 1.54) is 12.3 Å². The largest absolute Gasteiger partial charge is 0.360 e. The second-order valence-corrected chi connectivity index (χ2v) is 8.90. The lowest BCUT2D eigenvalue weighted by atomic mass is 10.0. The number of nitrogens with one attached hydrogen (secondary N) is 2. The van der Waals surface area contributed by atoms with Gasteiger partial charge < -0.3 is 9.88 Å². The number of amides is 2. The summed E-state index contributed by atoms with van der Waals surface area (Å²) in [6.07, 6.45) is 11.0. The normalized spacial score (nSPS) is 14.4.